The van der Waals surface area contributed by atoms with E-state index in [2.05, 4.69) is 5.10 Å². The van der Waals surface area contributed by atoms with Crippen molar-refractivity contribution in [1.82, 2.24) is 14.7 Å². The molecule has 0 unspecified atom stereocenters. The molecule has 30 heavy (non-hydrogen) atoms. The van der Waals surface area contributed by atoms with Crippen LogP contribution in [0.3, 0.4) is 0 Å². The summed E-state index contributed by atoms with van der Waals surface area (Å²) in [5.74, 6) is 1.18. The van der Waals surface area contributed by atoms with Gasteiger partial charge in [0.05, 0.1) is 6.54 Å². The third-order valence-corrected chi connectivity index (χ3v) is 4.91. The monoisotopic (exact) mass is 405 g/mol. The maximum atomic E-state index is 13.1. The smallest absolute Gasteiger partial charge is 0.274 e. The molecule has 0 saturated heterocycles. The average Bonchev–Trinajstić information content (AvgIpc) is 2.79. The Balaban J connectivity index is 1.53. The number of carbonyl (C=O) groups excluding carboxylic acids is 1. The van der Waals surface area contributed by atoms with E-state index in [4.69, 9.17) is 9.47 Å². The highest BCUT2D eigenvalue weighted by molar-refractivity contribution is 5.92. The summed E-state index contributed by atoms with van der Waals surface area (Å²) < 4.78 is 12.5. The van der Waals surface area contributed by atoms with Crippen molar-refractivity contribution in [2.45, 2.75) is 20.0 Å². The van der Waals surface area contributed by atoms with Crippen LogP contribution in [0.2, 0.25) is 0 Å². The van der Waals surface area contributed by atoms with Crippen LogP contribution < -0.4 is 15.0 Å². The SMILES string of the molecule is CCN(Cc1ccc2c(c1)OCCO2)C(=O)c1ccc(=O)n(Cc2ccccc2)n1. The number of hydrogen-bond donors (Lipinski definition) is 0. The zero-order valence-electron chi connectivity index (χ0n) is 16.8. The molecule has 0 spiro atoms. The van der Waals surface area contributed by atoms with Crippen LogP contribution in [0.5, 0.6) is 11.5 Å². The predicted molar refractivity (Wildman–Crippen MR) is 112 cm³/mol. The van der Waals surface area contributed by atoms with E-state index >= 15 is 0 Å². The summed E-state index contributed by atoms with van der Waals surface area (Å²) >= 11 is 0. The van der Waals surface area contributed by atoms with Crippen molar-refractivity contribution in [3.05, 3.63) is 87.8 Å². The molecule has 0 bridgehead atoms. The molecular weight excluding hydrogens is 382 g/mol. The summed E-state index contributed by atoms with van der Waals surface area (Å²) in [4.78, 5) is 27.0. The zero-order valence-corrected chi connectivity index (χ0v) is 16.8. The van der Waals surface area contributed by atoms with Crippen LogP contribution in [0.25, 0.3) is 0 Å². The maximum Gasteiger partial charge on any atom is 0.274 e. The summed E-state index contributed by atoms with van der Waals surface area (Å²) in [7, 11) is 0. The molecule has 4 rings (SSSR count). The first-order valence-electron chi connectivity index (χ1n) is 9.94. The lowest BCUT2D eigenvalue weighted by Crippen LogP contribution is -2.33. The molecule has 1 aliphatic rings. The first-order valence-corrected chi connectivity index (χ1v) is 9.94. The molecule has 7 nitrogen and oxygen atoms in total. The number of aromatic nitrogens is 2. The number of nitrogens with zero attached hydrogens (tertiary/aromatic N) is 3. The standard InChI is InChI=1S/C23H23N3O4/c1-2-25(15-18-8-10-20-21(14-18)30-13-12-29-20)23(28)19-9-11-22(27)26(24-19)16-17-6-4-3-5-7-17/h3-11,14H,2,12-13,15-16H2,1H3. The number of amides is 1. The van der Waals surface area contributed by atoms with Gasteiger partial charge in [0.1, 0.15) is 18.9 Å². The first-order chi connectivity index (χ1) is 14.6. The van der Waals surface area contributed by atoms with E-state index < -0.39 is 0 Å². The van der Waals surface area contributed by atoms with E-state index in [-0.39, 0.29) is 17.2 Å². The van der Waals surface area contributed by atoms with Gasteiger partial charge in [-0.25, -0.2) is 4.68 Å². The van der Waals surface area contributed by atoms with E-state index in [9.17, 15) is 9.59 Å². The van der Waals surface area contributed by atoms with Crippen molar-refractivity contribution in [3.8, 4) is 11.5 Å². The normalized spacial score (nSPS) is 12.4. The zero-order chi connectivity index (χ0) is 20.9. The molecule has 0 aliphatic carbocycles. The van der Waals surface area contributed by atoms with Crippen molar-refractivity contribution in [1.29, 1.82) is 0 Å². The highest BCUT2D eigenvalue weighted by atomic mass is 16.6. The minimum Gasteiger partial charge on any atom is -0.486 e. The quantitative estimate of drug-likeness (QED) is 0.631. The molecule has 7 heteroatoms. The third-order valence-electron chi connectivity index (χ3n) is 4.91. The fourth-order valence-electron chi connectivity index (χ4n) is 3.33. The first kappa shape index (κ1) is 19.7. The number of rotatable bonds is 6. The van der Waals surface area contributed by atoms with E-state index in [1.807, 2.05) is 55.5 Å². The lowest BCUT2D eigenvalue weighted by molar-refractivity contribution is 0.0743. The molecule has 1 aromatic heterocycles. The van der Waals surface area contributed by atoms with Gasteiger partial charge in [0.25, 0.3) is 11.5 Å². The Morgan fingerprint density at radius 2 is 1.77 bits per heavy atom. The second kappa shape index (κ2) is 8.82. The van der Waals surface area contributed by atoms with Crippen LogP contribution in [-0.2, 0) is 13.1 Å². The van der Waals surface area contributed by atoms with Crippen molar-refractivity contribution >= 4 is 5.91 Å². The molecular formula is C23H23N3O4. The molecule has 154 valence electrons. The second-order valence-electron chi connectivity index (χ2n) is 7.00. The van der Waals surface area contributed by atoms with Crippen LogP contribution in [0.15, 0.2) is 65.5 Å². The number of hydrogen-bond acceptors (Lipinski definition) is 5. The Labute approximate surface area is 174 Å². The van der Waals surface area contributed by atoms with Crippen molar-refractivity contribution in [2.75, 3.05) is 19.8 Å². The minimum atomic E-state index is -0.245. The van der Waals surface area contributed by atoms with Gasteiger partial charge in [-0.2, -0.15) is 5.10 Å². The summed E-state index contributed by atoms with van der Waals surface area (Å²) in [5.41, 5.74) is 1.88. The lowest BCUT2D eigenvalue weighted by atomic mass is 10.1. The fraction of sp³-hybridized carbons (Fsp3) is 0.261. The second-order valence-corrected chi connectivity index (χ2v) is 7.00. The molecule has 0 N–H and O–H groups in total. The summed E-state index contributed by atoms with van der Waals surface area (Å²) in [6, 6.07) is 18.1. The molecule has 1 amide bonds. The molecule has 2 aromatic carbocycles. The lowest BCUT2D eigenvalue weighted by Gasteiger charge is -2.23. The summed E-state index contributed by atoms with van der Waals surface area (Å²) in [6.07, 6.45) is 0. The molecule has 0 saturated carbocycles. The third kappa shape index (κ3) is 4.35. The molecule has 0 atom stereocenters. The van der Waals surface area contributed by atoms with Gasteiger partial charge < -0.3 is 14.4 Å². The molecule has 1 aliphatic heterocycles. The fourth-order valence-corrected chi connectivity index (χ4v) is 3.33. The Hall–Kier alpha value is -3.61. The van der Waals surface area contributed by atoms with Crippen LogP contribution in [0.4, 0.5) is 0 Å². The van der Waals surface area contributed by atoms with Gasteiger partial charge in [-0.15, -0.1) is 0 Å². The van der Waals surface area contributed by atoms with Gasteiger partial charge in [-0.3, -0.25) is 9.59 Å². The number of carbonyl (C=O) groups is 1. The van der Waals surface area contributed by atoms with Gasteiger partial charge in [-0.1, -0.05) is 36.4 Å². The van der Waals surface area contributed by atoms with E-state index in [1.165, 1.54) is 16.8 Å². The van der Waals surface area contributed by atoms with Crippen LogP contribution in [0.1, 0.15) is 28.5 Å². The number of ether oxygens (including phenoxy) is 2. The summed E-state index contributed by atoms with van der Waals surface area (Å²) in [5, 5.41) is 4.32. The molecule has 0 fully saturated rings. The molecule has 2 heterocycles. The number of benzene rings is 2. The summed E-state index contributed by atoms with van der Waals surface area (Å²) in [6.45, 7) is 4.19. The predicted octanol–water partition coefficient (Wildman–Crippen LogP) is 2.73. The Morgan fingerprint density at radius 3 is 2.53 bits per heavy atom. The Kier molecular flexibility index (Phi) is 5.79. The van der Waals surface area contributed by atoms with Gasteiger partial charge in [0, 0.05) is 19.2 Å². The van der Waals surface area contributed by atoms with Gasteiger partial charge in [0.15, 0.2) is 11.5 Å². The van der Waals surface area contributed by atoms with Gasteiger partial charge in [-0.05, 0) is 36.2 Å². The molecule has 3 aromatic rings. The highest BCUT2D eigenvalue weighted by Gasteiger charge is 2.19. The van der Waals surface area contributed by atoms with E-state index in [0.717, 1.165) is 11.1 Å². The van der Waals surface area contributed by atoms with Crippen molar-refractivity contribution < 1.29 is 14.3 Å². The van der Waals surface area contributed by atoms with Gasteiger partial charge in [0.2, 0.25) is 0 Å². The van der Waals surface area contributed by atoms with E-state index in [0.29, 0.717) is 44.3 Å². The highest BCUT2D eigenvalue weighted by Crippen LogP contribution is 2.31. The van der Waals surface area contributed by atoms with Gasteiger partial charge >= 0.3 is 0 Å². The minimum absolute atomic E-state index is 0.228. The maximum absolute atomic E-state index is 13.1. The van der Waals surface area contributed by atoms with Crippen LogP contribution in [0, 0.1) is 0 Å². The Morgan fingerprint density at radius 1 is 1.00 bits per heavy atom. The topological polar surface area (TPSA) is 73.7 Å². The molecule has 0 radical (unpaired) electrons. The van der Waals surface area contributed by atoms with Crippen molar-refractivity contribution in [3.63, 3.8) is 0 Å². The average molecular weight is 405 g/mol. The van der Waals surface area contributed by atoms with E-state index in [1.54, 1.807) is 4.90 Å². The number of fused-ring (bicyclic) bond motifs is 1. The van der Waals surface area contributed by atoms with Crippen LogP contribution >= 0.6 is 0 Å². The van der Waals surface area contributed by atoms with Crippen LogP contribution in [-0.4, -0.2) is 40.3 Å². The van der Waals surface area contributed by atoms with Crippen molar-refractivity contribution in [2.24, 2.45) is 0 Å². The Bertz CT molecular complexity index is 1100. The largest absolute Gasteiger partial charge is 0.486 e.